The van der Waals surface area contributed by atoms with Gasteiger partial charge in [-0.2, -0.15) is 0 Å². The van der Waals surface area contributed by atoms with Crippen LogP contribution < -0.4 is 14.8 Å². The first-order valence-electron chi connectivity index (χ1n) is 9.44. The van der Waals surface area contributed by atoms with Gasteiger partial charge in [-0.05, 0) is 59.5 Å². The smallest absolute Gasteiger partial charge is 0.262 e. The van der Waals surface area contributed by atoms with Gasteiger partial charge in [-0.3, -0.25) is 4.79 Å². The quantitative estimate of drug-likeness (QED) is 0.467. The van der Waals surface area contributed by atoms with Crippen LogP contribution in [0.5, 0.6) is 11.5 Å². The number of ether oxygens (including phenoxy) is 2. The Kier molecular flexibility index (Phi) is 8.22. The number of nitrogens with zero attached hydrogens (tertiary/aromatic N) is 1. The third-order valence-corrected chi connectivity index (χ3v) is 6.59. The standard InChI is InChI=1S/C21H21BrCl2N2O3S/c1-28-17-11-13(21(30)26-8-3-2-4-9-26)10-14(22)20(17)29-12-18(27)25-16-7-5-6-15(23)19(16)24/h5-7,10-11H,2-4,8-9,12H2,1H3,(H,25,27). The van der Waals surface area contributed by atoms with E-state index in [1.54, 1.807) is 25.3 Å². The molecule has 0 bridgehead atoms. The van der Waals surface area contributed by atoms with Gasteiger partial charge in [0.05, 0.1) is 27.3 Å². The number of hydrogen-bond donors (Lipinski definition) is 1. The molecule has 1 aliphatic rings. The predicted octanol–water partition coefficient (Wildman–Crippen LogP) is 5.94. The van der Waals surface area contributed by atoms with Crippen LogP contribution in [0, 0.1) is 0 Å². The lowest BCUT2D eigenvalue weighted by Crippen LogP contribution is -2.34. The van der Waals surface area contributed by atoms with Crippen molar-refractivity contribution >= 4 is 67.9 Å². The van der Waals surface area contributed by atoms with Crippen LogP contribution in [0.25, 0.3) is 0 Å². The van der Waals surface area contributed by atoms with Gasteiger partial charge in [0, 0.05) is 18.7 Å². The van der Waals surface area contributed by atoms with Crippen molar-refractivity contribution in [1.82, 2.24) is 4.90 Å². The Morgan fingerprint density at radius 2 is 1.97 bits per heavy atom. The van der Waals surface area contributed by atoms with E-state index in [1.165, 1.54) is 6.42 Å². The number of anilines is 1. The highest BCUT2D eigenvalue weighted by molar-refractivity contribution is 9.10. The highest BCUT2D eigenvalue weighted by Crippen LogP contribution is 2.37. The number of carbonyl (C=O) groups excluding carboxylic acids is 1. The zero-order chi connectivity index (χ0) is 21.7. The van der Waals surface area contributed by atoms with Crippen LogP contribution in [-0.2, 0) is 4.79 Å². The summed E-state index contributed by atoms with van der Waals surface area (Å²) in [5.41, 5.74) is 1.30. The molecule has 160 valence electrons. The van der Waals surface area contributed by atoms with Crippen molar-refractivity contribution in [3.63, 3.8) is 0 Å². The Labute approximate surface area is 199 Å². The molecular formula is C21H21BrCl2N2O3S. The molecule has 0 aromatic heterocycles. The van der Waals surface area contributed by atoms with E-state index in [0.717, 1.165) is 36.5 Å². The third kappa shape index (κ3) is 5.58. The van der Waals surface area contributed by atoms with Crippen LogP contribution in [-0.4, -0.2) is 42.6 Å². The van der Waals surface area contributed by atoms with Crippen molar-refractivity contribution < 1.29 is 14.3 Å². The molecule has 0 radical (unpaired) electrons. The monoisotopic (exact) mass is 530 g/mol. The topological polar surface area (TPSA) is 50.8 Å². The van der Waals surface area contributed by atoms with Crippen LogP contribution >= 0.6 is 51.3 Å². The van der Waals surface area contributed by atoms with E-state index in [-0.39, 0.29) is 17.5 Å². The summed E-state index contributed by atoms with van der Waals surface area (Å²) in [4.78, 5) is 15.3. The largest absolute Gasteiger partial charge is 0.493 e. The second-order valence-corrected chi connectivity index (χ2v) is 8.81. The molecule has 0 aliphatic carbocycles. The van der Waals surface area contributed by atoms with Gasteiger partial charge in [0.25, 0.3) is 5.91 Å². The maximum Gasteiger partial charge on any atom is 0.262 e. The number of benzene rings is 2. The number of thiocarbonyl (C=S) groups is 1. The molecule has 30 heavy (non-hydrogen) atoms. The van der Waals surface area contributed by atoms with Crippen LogP contribution in [0.4, 0.5) is 5.69 Å². The number of carbonyl (C=O) groups is 1. The molecule has 0 atom stereocenters. The number of rotatable bonds is 6. The summed E-state index contributed by atoms with van der Waals surface area (Å²) in [5, 5.41) is 3.33. The van der Waals surface area contributed by atoms with E-state index in [2.05, 4.69) is 26.1 Å². The first-order chi connectivity index (χ1) is 14.4. The van der Waals surface area contributed by atoms with Gasteiger partial charge < -0.3 is 19.7 Å². The maximum atomic E-state index is 12.3. The molecule has 1 saturated heterocycles. The predicted molar refractivity (Wildman–Crippen MR) is 128 cm³/mol. The van der Waals surface area contributed by atoms with Gasteiger partial charge in [-0.15, -0.1) is 0 Å². The van der Waals surface area contributed by atoms with E-state index in [9.17, 15) is 4.79 Å². The molecule has 5 nitrogen and oxygen atoms in total. The molecule has 2 aromatic carbocycles. The summed E-state index contributed by atoms with van der Waals surface area (Å²) in [5.74, 6) is 0.545. The molecule has 0 spiro atoms. The Morgan fingerprint density at radius 1 is 1.23 bits per heavy atom. The molecule has 0 unspecified atom stereocenters. The second-order valence-electron chi connectivity index (χ2n) is 6.78. The van der Waals surface area contributed by atoms with Crippen molar-refractivity contribution in [3.05, 3.63) is 50.4 Å². The number of nitrogens with one attached hydrogen (secondary N) is 1. The Bertz CT molecular complexity index is 952. The van der Waals surface area contributed by atoms with Crippen molar-refractivity contribution in [3.8, 4) is 11.5 Å². The van der Waals surface area contributed by atoms with Gasteiger partial charge in [0.15, 0.2) is 18.1 Å². The van der Waals surface area contributed by atoms with Crippen molar-refractivity contribution in [1.29, 1.82) is 0 Å². The molecule has 1 heterocycles. The highest BCUT2D eigenvalue weighted by atomic mass is 79.9. The fraction of sp³-hybridized carbons (Fsp3) is 0.333. The summed E-state index contributed by atoms with van der Waals surface area (Å²) in [6, 6.07) is 8.74. The molecule has 0 saturated carbocycles. The van der Waals surface area contributed by atoms with Crippen LogP contribution in [0.2, 0.25) is 10.0 Å². The zero-order valence-corrected chi connectivity index (χ0v) is 20.3. The number of piperidine rings is 1. The van der Waals surface area contributed by atoms with Crippen LogP contribution in [0.3, 0.4) is 0 Å². The summed E-state index contributed by atoms with van der Waals surface area (Å²) in [6.45, 7) is 1.69. The molecule has 1 aliphatic heterocycles. The molecule has 9 heteroatoms. The molecule has 2 aromatic rings. The average Bonchev–Trinajstić information content (AvgIpc) is 2.75. The van der Waals surface area contributed by atoms with E-state index in [1.807, 2.05) is 12.1 Å². The van der Waals surface area contributed by atoms with E-state index in [0.29, 0.717) is 26.7 Å². The minimum atomic E-state index is -0.374. The lowest BCUT2D eigenvalue weighted by molar-refractivity contribution is -0.118. The average molecular weight is 532 g/mol. The van der Waals surface area contributed by atoms with Gasteiger partial charge in [0.2, 0.25) is 0 Å². The number of amides is 1. The molecule has 3 rings (SSSR count). The van der Waals surface area contributed by atoms with Crippen LogP contribution in [0.1, 0.15) is 24.8 Å². The first kappa shape index (κ1) is 23.1. The van der Waals surface area contributed by atoms with E-state index < -0.39 is 0 Å². The normalized spacial score (nSPS) is 13.7. The van der Waals surface area contributed by atoms with Crippen molar-refractivity contribution in [2.45, 2.75) is 19.3 Å². The van der Waals surface area contributed by atoms with Gasteiger partial charge >= 0.3 is 0 Å². The van der Waals surface area contributed by atoms with Crippen molar-refractivity contribution in [2.24, 2.45) is 0 Å². The van der Waals surface area contributed by atoms with Gasteiger partial charge in [-0.1, -0.05) is 41.5 Å². The van der Waals surface area contributed by atoms with E-state index >= 15 is 0 Å². The Morgan fingerprint density at radius 3 is 2.67 bits per heavy atom. The summed E-state index contributed by atoms with van der Waals surface area (Å²) < 4.78 is 11.9. The highest BCUT2D eigenvalue weighted by Gasteiger charge is 2.20. The van der Waals surface area contributed by atoms with Crippen molar-refractivity contribution in [2.75, 3.05) is 32.1 Å². The third-order valence-electron chi connectivity index (χ3n) is 4.69. The Hall–Kier alpha value is -1.54. The maximum absolute atomic E-state index is 12.3. The summed E-state index contributed by atoms with van der Waals surface area (Å²) >= 11 is 21.3. The fourth-order valence-corrected chi connectivity index (χ4v) is 4.39. The minimum Gasteiger partial charge on any atom is -0.493 e. The number of likely N-dealkylation sites (tertiary alicyclic amines) is 1. The molecule has 1 fully saturated rings. The fourth-order valence-electron chi connectivity index (χ4n) is 3.19. The summed E-state index contributed by atoms with van der Waals surface area (Å²) in [7, 11) is 1.55. The lowest BCUT2D eigenvalue weighted by atomic mass is 10.1. The summed E-state index contributed by atoms with van der Waals surface area (Å²) in [6.07, 6.45) is 3.53. The number of methoxy groups -OCH3 is 1. The SMILES string of the molecule is COc1cc(C(=S)N2CCCCC2)cc(Br)c1OCC(=O)Nc1cccc(Cl)c1Cl. The molecular weight excluding hydrogens is 511 g/mol. The lowest BCUT2D eigenvalue weighted by Gasteiger charge is -2.29. The van der Waals surface area contributed by atoms with Gasteiger partial charge in [-0.25, -0.2) is 0 Å². The van der Waals surface area contributed by atoms with E-state index in [4.69, 9.17) is 44.9 Å². The molecule has 1 N–H and O–H groups in total. The number of halogens is 3. The van der Waals surface area contributed by atoms with Crippen LogP contribution in [0.15, 0.2) is 34.8 Å². The van der Waals surface area contributed by atoms with Gasteiger partial charge in [0.1, 0.15) is 4.99 Å². The minimum absolute atomic E-state index is 0.228. The second kappa shape index (κ2) is 10.7. The zero-order valence-electron chi connectivity index (χ0n) is 16.3. The Balaban J connectivity index is 1.70. The number of hydrogen-bond acceptors (Lipinski definition) is 4. The molecule has 1 amide bonds. The first-order valence-corrected chi connectivity index (χ1v) is 11.4.